The lowest BCUT2D eigenvalue weighted by atomic mass is 10.2. The Morgan fingerprint density at radius 1 is 1.33 bits per heavy atom. The first kappa shape index (κ1) is 7.90. The highest BCUT2D eigenvalue weighted by Crippen LogP contribution is 2.46. The fourth-order valence-corrected chi connectivity index (χ4v) is 2.17. The van der Waals surface area contributed by atoms with Crippen LogP contribution in [0.1, 0.15) is 26.7 Å². The Labute approximate surface area is 73.3 Å². The largest absolute Gasteiger partial charge is 0.323 e. The molecule has 2 amide bonds. The summed E-state index contributed by atoms with van der Waals surface area (Å²) in [7, 11) is 0. The van der Waals surface area contributed by atoms with Gasteiger partial charge < -0.3 is 9.80 Å². The second-order valence-corrected chi connectivity index (χ2v) is 3.77. The van der Waals surface area contributed by atoms with E-state index in [1.807, 2.05) is 16.7 Å². The van der Waals surface area contributed by atoms with Gasteiger partial charge in [-0.3, -0.25) is 0 Å². The van der Waals surface area contributed by atoms with Crippen LogP contribution in [-0.2, 0) is 0 Å². The first-order valence-corrected chi connectivity index (χ1v) is 4.80. The third kappa shape index (κ3) is 0.853. The van der Waals surface area contributed by atoms with Crippen LogP contribution in [0.15, 0.2) is 0 Å². The highest BCUT2D eigenvalue weighted by Gasteiger charge is 2.56. The van der Waals surface area contributed by atoms with Crippen molar-refractivity contribution >= 4 is 6.03 Å². The van der Waals surface area contributed by atoms with Crippen LogP contribution in [0.4, 0.5) is 4.79 Å². The summed E-state index contributed by atoms with van der Waals surface area (Å²) >= 11 is 0. The van der Waals surface area contributed by atoms with E-state index >= 15 is 0 Å². The molecule has 0 aromatic carbocycles. The smallest absolute Gasteiger partial charge is 0.320 e. The Balaban J connectivity index is 2.16. The van der Waals surface area contributed by atoms with Crippen molar-refractivity contribution in [3.8, 4) is 0 Å². The molecule has 0 aromatic rings. The van der Waals surface area contributed by atoms with Crippen LogP contribution in [-0.4, -0.2) is 41.0 Å². The van der Waals surface area contributed by atoms with Crippen molar-refractivity contribution in [3.05, 3.63) is 0 Å². The molecule has 1 spiro atoms. The summed E-state index contributed by atoms with van der Waals surface area (Å²) in [5, 5.41) is 0. The molecular formula is C9H16N2O. The quantitative estimate of drug-likeness (QED) is 0.609. The van der Waals surface area contributed by atoms with Gasteiger partial charge in [0.2, 0.25) is 0 Å². The minimum atomic E-state index is 0.248. The van der Waals surface area contributed by atoms with E-state index in [1.54, 1.807) is 0 Å². The monoisotopic (exact) mass is 168 g/mol. The molecule has 1 saturated heterocycles. The average molecular weight is 168 g/mol. The Morgan fingerprint density at radius 3 is 2.33 bits per heavy atom. The van der Waals surface area contributed by atoms with Crippen molar-refractivity contribution in [3.63, 3.8) is 0 Å². The van der Waals surface area contributed by atoms with Gasteiger partial charge in [0.1, 0.15) is 0 Å². The van der Waals surface area contributed by atoms with Crippen LogP contribution >= 0.6 is 0 Å². The van der Waals surface area contributed by atoms with Crippen molar-refractivity contribution < 1.29 is 4.79 Å². The van der Waals surface area contributed by atoms with Gasteiger partial charge in [0.15, 0.2) is 0 Å². The Kier molecular flexibility index (Phi) is 1.56. The number of amides is 2. The van der Waals surface area contributed by atoms with E-state index in [9.17, 15) is 4.79 Å². The van der Waals surface area contributed by atoms with Crippen molar-refractivity contribution in [1.82, 2.24) is 9.80 Å². The molecule has 0 radical (unpaired) electrons. The fraction of sp³-hybridized carbons (Fsp3) is 0.889. The zero-order valence-corrected chi connectivity index (χ0v) is 7.84. The molecule has 0 aromatic heterocycles. The molecule has 0 unspecified atom stereocenters. The molecule has 0 bridgehead atoms. The zero-order valence-electron chi connectivity index (χ0n) is 7.84. The van der Waals surface area contributed by atoms with Crippen molar-refractivity contribution in [2.75, 3.05) is 19.6 Å². The van der Waals surface area contributed by atoms with Gasteiger partial charge >= 0.3 is 6.03 Å². The molecular weight excluding hydrogens is 152 g/mol. The molecule has 1 aliphatic carbocycles. The van der Waals surface area contributed by atoms with Crippen molar-refractivity contribution in [1.29, 1.82) is 0 Å². The van der Waals surface area contributed by atoms with Crippen molar-refractivity contribution in [2.45, 2.75) is 32.2 Å². The lowest BCUT2D eigenvalue weighted by Crippen LogP contribution is -2.35. The van der Waals surface area contributed by atoms with Gasteiger partial charge in [-0.25, -0.2) is 4.79 Å². The summed E-state index contributed by atoms with van der Waals surface area (Å²) < 4.78 is 0. The molecule has 0 N–H and O–H groups in total. The van der Waals surface area contributed by atoms with Crippen LogP contribution < -0.4 is 0 Å². The van der Waals surface area contributed by atoms with Crippen molar-refractivity contribution in [2.24, 2.45) is 0 Å². The minimum Gasteiger partial charge on any atom is -0.323 e. The minimum absolute atomic E-state index is 0.248. The summed E-state index contributed by atoms with van der Waals surface area (Å²) in [6, 6.07) is 0.248. The maximum absolute atomic E-state index is 11.7. The summed E-state index contributed by atoms with van der Waals surface area (Å²) in [6.07, 6.45) is 2.42. The second-order valence-electron chi connectivity index (χ2n) is 3.77. The van der Waals surface area contributed by atoms with Gasteiger partial charge in [0.05, 0.1) is 5.54 Å². The van der Waals surface area contributed by atoms with Gasteiger partial charge in [0, 0.05) is 19.6 Å². The molecule has 3 nitrogen and oxygen atoms in total. The molecule has 3 heteroatoms. The SMILES string of the molecule is CCN1CC2(CC2)N(CC)C1=O. The predicted molar refractivity (Wildman–Crippen MR) is 47.0 cm³/mol. The molecule has 1 heterocycles. The third-order valence-electron chi connectivity index (χ3n) is 3.08. The fourth-order valence-electron chi connectivity index (χ4n) is 2.17. The Hall–Kier alpha value is -0.730. The molecule has 12 heavy (non-hydrogen) atoms. The van der Waals surface area contributed by atoms with Crippen LogP contribution in [0.3, 0.4) is 0 Å². The highest BCUT2D eigenvalue weighted by atomic mass is 16.2. The number of rotatable bonds is 2. The summed E-state index contributed by atoms with van der Waals surface area (Å²) in [5.41, 5.74) is 0.266. The number of hydrogen-bond donors (Lipinski definition) is 0. The number of nitrogens with zero attached hydrogens (tertiary/aromatic N) is 2. The molecule has 68 valence electrons. The molecule has 1 aliphatic heterocycles. The topological polar surface area (TPSA) is 23.6 Å². The van der Waals surface area contributed by atoms with Crippen LogP contribution in [0.25, 0.3) is 0 Å². The Morgan fingerprint density at radius 2 is 2.00 bits per heavy atom. The lowest BCUT2D eigenvalue weighted by Gasteiger charge is -2.19. The van der Waals surface area contributed by atoms with Gasteiger partial charge in [-0.2, -0.15) is 0 Å². The Bertz CT molecular complexity index is 211. The zero-order chi connectivity index (χ0) is 8.77. The molecule has 0 atom stereocenters. The molecule has 2 fully saturated rings. The maximum Gasteiger partial charge on any atom is 0.320 e. The standard InChI is InChI=1S/C9H16N2O/c1-3-10-7-9(5-6-9)11(4-2)8(10)12/h3-7H2,1-2H3. The molecule has 1 saturated carbocycles. The van der Waals surface area contributed by atoms with Crippen LogP contribution in [0.2, 0.25) is 0 Å². The molecule has 2 rings (SSSR count). The number of urea groups is 1. The summed E-state index contributed by atoms with van der Waals surface area (Å²) in [5.74, 6) is 0. The number of hydrogen-bond acceptors (Lipinski definition) is 1. The number of carbonyl (C=O) groups excluding carboxylic acids is 1. The van der Waals surface area contributed by atoms with E-state index in [2.05, 4.69) is 6.92 Å². The van der Waals surface area contributed by atoms with Crippen LogP contribution in [0.5, 0.6) is 0 Å². The van der Waals surface area contributed by atoms with E-state index < -0.39 is 0 Å². The van der Waals surface area contributed by atoms with Gasteiger partial charge in [-0.05, 0) is 26.7 Å². The van der Waals surface area contributed by atoms with E-state index in [0.29, 0.717) is 0 Å². The van der Waals surface area contributed by atoms with Gasteiger partial charge in [0.25, 0.3) is 0 Å². The second kappa shape index (κ2) is 2.38. The van der Waals surface area contributed by atoms with E-state index in [0.717, 1.165) is 19.6 Å². The molecule has 2 aliphatic rings. The highest BCUT2D eigenvalue weighted by molar-refractivity contribution is 5.79. The van der Waals surface area contributed by atoms with E-state index in [-0.39, 0.29) is 11.6 Å². The summed E-state index contributed by atoms with van der Waals surface area (Å²) in [6.45, 7) is 6.81. The third-order valence-corrected chi connectivity index (χ3v) is 3.08. The van der Waals surface area contributed by atoms with Crippen LogP contribution in [0, 0.1) is 0 Å². The maximum atomic E-state index is 11.7. The first-order valence-electron chi connectivity index (χ1n) is 4.80. The summed E-state index contributed by atoms with van der Waals surface area (Å²) in [4.78, 5) is 15.7. The van der Waals surface area contributed by atoms with Gasteiger partial charge in [-0.1, -0.05) is 0 Å². The lowest BCUT2D eigenvalue weighted by molar-refractivity contribution is 0.188. The van der Waals surface area contributed by atoms with E-state index in [4.69, 9.17) is 0 Å². The normalized spacial score (nSPS) is 25.7. The average Bonchev–Trinajstić information content (AvgIpc) is 2.76. The van der Waals surface area contributed by atoms with E-state index in [1.165, 1.54) is 12.8 Å². The predicted octanol–water partition coefficient (Wildman–Crippen LogP) is 1.30. The van der Waals surface area contributed by atoms with Gasteiger partial charge in [-0.15, -0.1) is 0 Å². The number of likely N-dealkylation sites (N-methyl/N-ethyl adjacent to an activating group) is 2. The first-order chi connectivity index (χ1) is 5.73. The number of carbonyl (C=O) groups is 1.